The van der Waals surface area contributed by atoms with Crippen molar-refractivity contribution < 1.29 is 10.2 Å². The number of rotatable bonds is 5. The predicted octanol–water partition coefficient (Wildman–Crippen LogP) is 4.95. The quantitative estimate of drug-likeness (QED) is 0.680. The second kappa shape index (κ2) is 8.10. The third-order valence-corrected chi connectivity index (χ3v) is 10.8. The molecule has 29 heavy (non-hydrogen) atoms. The van der Waals surface area contributed by atoms with E-state index < -0.39 is 0 Å². The molecule has 3 heteroatoms. The summed E-state index contributed by atoms with van der Waals surface area (Å²) in [5, 5.41) is 21.9. The fourth-order valence-electron chi connectivity index (χ4n) is 9.09. The summed E-state index contributed by atoms with van der Waals surface area (Å²) in [5.74, 6) is 4.26. The van der Waals surface area contributed by atoms with Crippen LogP contribution in [0.25, 0.3) is 0 Å². The molecule has 0 aliphatic heterocycles. The highest BCUT2D eigenvalue weighted by Gasteiger charge is 2.63. The lowest BCUT2D eigenvalue weighted by Gasteiger charge is -2.62. The number of aliphatic hydroxyl groups excluding tert-OH is 2. The summed E-state index contributed by atoms with van der Waals surface area (Å²) < 4.78 is 0. The molecule has 2 N–H and O–H groups in total. The van der Waals surface area contributed by atoms with Gasteiger partial charge in [-0.3, -0.25) is 0 Å². The van der Waals surface area contributed by atoms with Crippen molar-refractivity contribution in [2.45, 2.75) is 97.2 Å². The molecule has 168 valence electrons. The van der Waals surface area contributed by atoms with Crippen molar-refractivity contribution in [3.8, 4) is 0 Å². The summed E-state index contributed by atoms with van der Waals surface area (Å²) in [4.78, 5) is 2.30. The lowest BCUT2D eigenvalue weighted by Crippen LogP contribution is -2.58. The maximum atomic E-state index is 11.6. The standard InChI is InChI=1S/C26H47NO2/c1-17(7-6-14-27(4)5)21-10-11-22-20-9-8-18-15-19(28)12-13-25(18,2)23(20)16-24(29)26(21,22)3/h17-24,28-29H,6-16H2,1-5H3. The van der Waals surface area contributed by atoms with E-state index in [-0.39, 0.29) is 17.6 Å². The molecule has 0 saturated heterocycles. The fourth-order valence-corrected chi connectivity index (χ4v) is 9.09. The van der Waals surface area contributed by atoms with E-state index in [0.717, 1.165) is 25.2 Å². The Morgan fingerprint density at radius 1 is 0.966 bits per heavy atom. The molecule has 4 saturated carbocycles. The van der Waals surface area contributed by atoms with Gasteiger partial charge in [0.05, 0.1) is 12.2 Å². The average molecular weight is 406 g/mol. The van der Waals surface area contributed by atoms with E-state index in [1.54, 1.807) is 0 Å². The van der Waals surface area contributed by atoms with Crippen LogP contribution in [0.5, 0.6) is 0 Å². The fraction of sp³-hybridized carbons (Fsp3) is 1.00. The molecule has 0 spiro atoms. The van der Waals surface area contributed by atoms with E-state index in [4.69, 9.17) is 0 Å². The molecule has 0 aromatic heterocycles. The smallest absolute Gasteiger partial charge is 0.0602 e. The van der Waals surface area contributed by atoms with Crippen molar-refractivity contribution in [3.05, 3.63) is 0 Å². The van der Waals surface area contributed by atoms with Gasteiger partial charge in [-0.2, -0.15) is 0 Å². The topological polar surface area (TPSA) is 43.7 Å². The van der Waals surface area contributed by atoms with Gasteiger partial charge in [0.2, 0.25) is 0 Å². The third-order valence-electron chi connectivity index (χ3n) is 10.8. The predicted molar refractivity (Wildman–Crippen MR) is 120 cm³/mol. The van der Waals surface area contributed by atoms with Crippen molar-refractivity contribution in [2.75, 3.05) is 20.6 Å². The van der Waals surface area contributed by atoms with E-state index in [1.165, 1.54) is 51.5 Å². The molecule has 4 fully saturated rings. The summed E-state index contributed by atoms with van der Waals surface area (Å²) in [5.41, 5.74) is 0.468. The zero-order valence-corrected chi connectivity index (χ0v) is 19.7. The van der Waals surface area contributed by atoms with Gasteiger partial charge in [0.25, 0.3) is 0 Å². The Balaban J connectivity index is 1.51. The van der Waals surface area contributed by atoms with Gasteiger partial charge in [-0.05, 0) is 131 Å². The third kappa shape index (κ3) is 3.61. The SMILES string of the molecule is CC(CCCN(C)C)C1CCC2C3CCC4CC(O)CCC4(C)C3CC(O)C12C. The summed E-state index contributed by atoms with van der Waals surface area (Å²) >= 11 is 0. The van der Waals surface area contributed by atoms with E-state index in [9.17, 15) is 10.2 Å². The molecule has 0 radical (unpaired) electrons. The van der Waals surface area contributed by atoms with E-state index in [2.05, 4.69) is 39.8 Å². The molecule has 10 atom stereocenters. The zero-order valence-electron chi connectivity index (χ0n) is 19.7. The summed E-state index contributed by atoms with van der Waals surface area (Å²) in [6.45, 7) is 8.63. The van der Waals surface area contributed by atoms with Crippen molar-refractivity contribution >= 4 is 0 Å². The molecule has 0 bridgehead atoms. The number of hydrogen-bond donors (Lipinski definition) is 2. The normalized spacial score (nSPS) is 50.7. The Hall–Kier alpha value is -0.120. The number of nitrogens with zero attached hydrogens (tertiary/aromatic N) is 1. The second-order valence-electron chi connectivity index (χ2n) is 12.3. The highest BCUT2D eigenvalue weighted by Crippen LogP contribution is 2.68. The molecule has 0 aromatic carbocycles. The van der Waals surface area contributed by atoms with Crippen LogP contribution in [0.2, 0.25) is 0 Å². The molecule has 0 heterocycles. The van der Waals surface area contributed by atoms with Gasteiger partial charge in [-0.1, -0.05) is 20.8 Å². The first-order valence-electron chi connectivity index (χ1n) is 12.7. The Bertz CT molecular complexity index is 579. The summed E-state index contributed by atoms with van der Waals surface area (Å²) in [6, 6.07) is 0. The minimum Gasteiger partial charge on any atom is -0.393 e. The average Bonchev–Trinajstić information content (AvgIpc) is 3.02. The van der Waals surface area contributed by atoms with Gasteiger partial charge >= 0.3 is 0 Å². The second-order valence-corrected chi connectivity index (χ2v) is 12.3. The van der Waals surface area contributed by atoms with Crippen LogP contribution in [-0.2, 0) is 0 Å². The van der Waals surface area contributed by atoms with Gasteiger partial charge in [-0.25, -0.2) is 0 Å². The van der Waals surface area contributed by atoms with Crippen LogP contribution in [-0.4, -0.2) is 48.0 Å². The highest BCUT2D eigenvalue weighted by molar-refractivity contribution is 5.12. The first-order chi connectivity index (χ1) is 13.7. The minimum atomic E-state index is -0.139. The lowest BCUT2D eigenvalue weighted by molar-refractivity contribution is -0.174. The van der Waals surface area contributed by atoms with E-state index >= 15 is 0 Å². The Morgan fingerprint density at radius 3 is 2.45 bits per heavy atom. The Labute approximate surface area is 179 Å². The minimum absolute atomic E-state index is 0.0812. The van der Waals surface area contributed by atoms with E-state index in [0.29, 0.717) is 35.0 Å². The molecule has 0 aromatic rings. The van der Waals surface area contributed by atoms with Crippen molar-refractivity contribution in [1.82, 2.24) is 4.90 Å². The number of aliphatic hydroxyl groups is 2. The first-order valence-corrected chi connectivity index (χ1v) is 12.7. The van der Waals surface area contributed by atoms with Crippen molar-refractivity contribution in [1.29, 1.82) is 0 Å². The van der Waals surface area contributed by atoms with Crippen LogP contribution in [0, 0.1) is 46.3 Å². The Kier molecular flexibility index (Phi) is 6.17. The maximum Gasteiger partial charge on any atom is 0.0602 e. The largest absolute Gasteiger partial charge is 0.393 e. The molecule has 4 aliphatic rings. The molecular formula is C26H47NO2. The number of hydrogen-bond acceptors (Lipinski definition) is 3. The van der Waals surface area contributed by atoms with Crippen LogP contribution in [0.1, 0.15) is 85.0 Å². The molecule has 10 unspecified atom stereocenters. The van der Waals surface area contributed by atoms with Crippen molar-refractivity contribution in [2.24, 2.45) is 46.3 Å². The number of fused-ring (bicyclic) bond motifs is 5. The van der Waals surface area contributed by atoms with Crippen LogP contribution in [0.4, 0.5) is 0 Å². The monoisotopic (exact) mass is 405 g/mol. The zero-order chi connectivity index (χ0) is 21.0. The highest BCUT2D eigenvalue weighted by atomic mass is 16.3. The molecule has 3 nitrogen and oxygen atoms in total. The maximum absolute atomic E-state index is 11.6. The van der Waals surface area contributed by atoms with Crippen LogP contribution in [0.3, 0.4) is 0 Å². The molecule has 4 aliphatic carbocycles. The van der Waals surface area contributed by atoms with Gasteiger partial charge in [0.1, 0.15) is 0 Å². The van der Waals surface area contributed by atoms with Crippen LogP contribution in [0.15, 0.2) is 0 Å². The van der Waals surface area contributed by atoms with Gasteiger partial charge in [-0.15, -0.1) is 0 Å². The lowest BCUT2D eigenvalue weighted by atomic mass is 9.43. The molecule has 0 amide bonds. The molecule has 4 rings (SSSR count). The van der Waals surface area contributed by atoms with Crippen molar-refractivity contribution in [3.63, 3.8) is 0 Å². The Morgan fingerprint density at radius 2 is 1.72 bits per heavy atom. The van der Waals surface area contributed by atoms with E-state index in [1.807, 2.05) is 0 Å². The molecular weight excluding hydrogens is 358 g/mol. The van der Waals surface area contributed by atoms with Gasteiger partial charge in [0, 0.05) is 0 Å². The summed E-state index contributed by atoms with van der Waals surface area (Å²) in [7, 11) is 4.34. The summed E-state index contributed by atoms with van der Waals surface area (Å²) in [6.07, 6.45) is 11.8. The van der Waals surface area contributed by atoms with Gasteiger partial charge < -0.3 is 15.1 Å². The van der Waals surface area contributed by atoms with Crippen LogP contribution < -0.4 is 0 Å². The van der Waals surface area contributed by atoms with Crippen LogP contribution >= 0.6 is 0 Å². The van der Waals surface area contributed by atoms with Gasteiger partial charge in [0.15, 0.2) is 0 Å². The first kappa shape index (κ1) is 22.1.